The molecule has 0 unspecified atom stereocenters. The lowest BCUT2D eigenvalue weighted by Crippen LogP contribution is -2.30. The third kappa shape index (κ3) is 5.31. The molecule has 1 amide bonds. The van der Waals surface area contributed by atoms with Crippen molar-refractivity contribution in [3.05, 3.63) is 64.2 Å². The number of fused-ring (bicyclic) bond motifs is 1. The second kappa shape index (κ2) is 10.3. The first-order valence-electron chi connectivity index (χ1n) is 11.0. The van der Waals surface area contributed by atoms with E-state index in [1.807, 2.05) is 26.0 Å². The highest BCUT2D eigenvalue weighted by Crippen LogP contribution is 2.23. The summed E-state index contributed by atoms with van der Waals surface area (Å²) in [6.07, 6.45) is 2.15. The summed E-state index contributed by atoms with van der Waals surface area (Å²) in [7, 11) is -3.62. The Morgan fingerprint density at radius 3 is 2.52 bits per heavy atom. The van der Waals surface area contributed by atoms with Crippen molar-refractivity contribution in [2.75, 3.05) is 18.4 Å². The number of nitrogens with zero attached hydrogens (tertiary/aromatic N) is 3. The van der Waals surface area contributed by atoms with Gasteiger partial charge < -0.3 is 5.32 Å². The number of para-hydroxylation sites is 1. The zero-order chi connectivity index (χ0) is 24.2. The lowest BCUT2D eigenvalue weighted by Gasteiger charge is -2.19. The van der Waals surface area contributed by atoms with Crippen LogP contribution in [0, 0.1) is 13.8 Å². The maximum Gasteiger partial charge on any atom is 0.261 e. The highest BCUT2D eigenvalue weighted by Gasteiger charge is 2.22. The summed E-state index contributed by atoms with van der Waals surface area (Å²) in [5.41, 5.74) is 2.73. The lowest BCUT2D eigenvalue weighted by atomic mass is 10.1. The normalized spacial score (nSPS) is 11.8. The van der Waals surface area contributed by atoms with Crippen LogP contribution in [0.5, 0.6) is 0 Å². The summed E-state index contributed by atoms with van der Waals surface area (Å²) >= 11 is 0. The van der Waals surface area contributed by atoms with Crippen molar-refractivity contribution in [1.29, 1.82) is 0 Å². The van der Waals surface area contributed by atoms with Crippen LogP contribution in [0.15, 0.2) is 52.4 Å². The fraction of sp³-hybridized carbons (Fsp3) is 0.375. The molecule has 1 heterocycles. The number of carbonyl (C=O) groups is 1. The van der Waals surface area contributed by atoms with E-state index in [4.69, 9.17) is 0 Å². The molecule has 0 saturated heterocycles. The van der Waals surface area contributed by atoms with Crippen LogP contribution in [0.3, 0.4) is 0 Å². The standard InChI is InChI=1S/C24H30N4O4S/c1-5-28(6-2)33(31,32)19-13-12-17(3)21(15-19)26-22(29)11-8-14-27-16-25-23-18(4)9-7-10-20(23)24(27)30/h7,9-10,12-13,15-16H,5-6,8,11,14H2,1-4H3,(H,26,29). The average Bonchev–Trinajstić information content (AvgIpc) is 2.78. The van der Waals surface area contributed by atoms with E-state index in [1.54, 1.807) is 32.0 Å². The van der Waals surface area contributed by atoms with Crippen LogP contribution in [0.2, 0.25) is 0 Å². The van der Waals surface area contributed by atoms with E-state index in [2.05, 4.69) is 10.3 Å². The van der Waals surface area contributed by atoms with Crippen LogP contribution in [-0.2, 0) is 21.4 Å². The molecule has 0 spiro atoms. The molecule has 33 heavy (non-hydrogen) atoms. The predicted molar refractivity (Wildman–Crippen MR) is 130 cm³/mol. The number of anilines is 1. The lowest BCUT2D eigenvalue weighted by molar-refractivity contribution is -0.116. The van der Waals surface area contributed by atoms with Crippen LogP contribution in [0.4, 0.5) is 5.69 Å². The number of nitrogens with one attached hydrogen (secondary N) is 1. The van der Waals surface area contributed by atoms with E-state index < -0.39 is 10.0 Å². The van der Waals surface area contributed by atoms with Crippen LogP contribution in [0.25, 0.3) is 10.9 Å². The van der Waals surface area contributed by atoms with Gasteiger partial charge in [-0.25, -0.2) is 13.4 Å². The molecule has 0 atom stereocenters. The number of aromatic nitrogens is 2. The molecule has 1 N–H and O–H groups in total. The maximum atomic E-state index is 12.8. The van der Waals surface area contributed by atoms with Gasteiger partial charge in [-0.05, 0) is 49.6 Å². The molecule has 1 aromatic heterocycles. The first-order chi connectivity index (χ1) is 15.7. The van der Waals surface area contributed by atoms with E-state index in [0.717, 1.165) is 11.1 Å². The van der Waals surface area contributed by atoms with Gasteiger partial charge in [0.2, 0.25) is 15.9 Å². The largest absolute Gasteiger partial charge is 0.326 e. The number of hydrogen-bond donors (Lipinski definition) is 1. The smallest absolute Gasteiger partial charge is 0.261 e. The Morgan fingerprint density at radius 2 is 1.82 bits per heavy atom. The van der Waals surface area contributed by atoms with Gasteiger partial charge in [-0.3, -0.25) is 14.2 Å². The van der Waals surface area contributed by atoms with Gasteiger partial charge in [-0.15, -0.1) is 0 Å². The van der Waals surface area contributed by atoms with Crippen molar-refractivity contribution in [2.45, 2.75) is 52.0 Å². The second-order valence-electron chi connectivity index (χ2n) is 7.93. The van der Waals surface area contributed by atoms with Crippen molar-refractivity contribution in [2.24, 2.45) is 0 Å². The SMILES string of the molecule is CCN(CC)S(=O)(=O)c1ccc(C)c(NC(=O)CCCn2cnc3c(C)cccc3c2=O)c1. The molecule has 0 radical (unpaired) electrons. The fourth-order valence-corrected chi connectivity index (χ4v) is 5.21. The molecule has 3 rings (SSSR count). The molecule has 3 aromatic rings. The maximum absolute atomic E-state index is 12.8. The minimum absolute atomic E-state index is 0.130. The zero-order valence-corrected chi connectivity index (χ0v) is 20.3. The zero-order valence-electron chi connectivity index (χ0n) is 19.5. The molecular formula is C24H30N4O4S. The van der Waals surface area contributed by atoms with Crippen molar-refractivity contribution >= 4 is 32.5 Å². The van der Waals surface area contributed by atoms with Gasteiger partial charge in [0, 0.05) is 31.7 Å². The third-order valence-corrected chi connectivity index (χ3v) is 7.73. The van der Waals surface area contributed by atoms with Crippen molar-refractivity contribution in [3.63, 3.8) is 0 Å². The van der Waals surface area contributed by atoms with Gasteiger partial charge in [0.1, 0.15) is 0 Å². The first-order valence-corrected chi connectivity index (χ1v) is 12.5. The monoisotopic (exact) mass is 470 g/mol. The quantitative estimate of drug-likeness (QED) is 0.516. The molecule has 0 aliphatic carbocycles. The topological polar surface area (TPSA) is 101 Å². The van der Waals surface area contributed by atoms with Gasteiger partial charge >= 0.3 is 0 Å². The van der Waals surface area contributed by atoms with Crippen LogP contribution < -0.4 is 10.9 Å². The molecule has 0 fully saturated rings. The number of carbonyl (C=O) groups excluding carboxylic acids is 1. The Labute approximate surface area is 194 Å². The molecule has 0 aliphatic heterocycles. The summed E-state index contributed by atoms with van der Waals surface area (Å²) < 4.78 is 28.5. The minimum Gasteiger partial charge on any atom is -0.326 e. The summed E-state index contributed by atoms with van der Waals surface area (Å²) in [6, 6.07) is 10.2. The van der Waals surface area contributed by atoms with Crippen molar-refractivity contribution < 1.29 is 13.2 Å². The molecule has 9 heteroatoms. The van der Waals surface area contributed by atoms with E-state index >= 15 is 0 Å². The Kier molecular flexibility index (Phi) is 7.65. The molecule has 0 aliphatic rings. The third-order valence-electron chi connectivity index (χ3n) is 5.68. The Bertz CT molecular complexity index is 1330. The van der Waals surface area contributed by atoms with E-state index in [-0.39, 0.29) is 22.8 Å². The van der Waals surface area contributed by atoms with Gasteiger partial charge in [-0.2, -0.15) is 4.31 Å². The predicted octanol–water partition coefficient (Wildman–Crippen LogP) is 3.46. The fourth-order valence-electron chi connectivity index (χ4n) is 3.73. The summed E-state index contributed by atoms with van der Waals surface area (Å²) in [5, 5.41) is 3.37. The number of hydrogen-bond acceptors (Lipinski definition) is 5. The van der Waals surface area contributed by atoms with Crippen molar-refractivity contribution in [1.82, 2.24) is 13.9 Å². The molecule has 8 nitrogen and oxygen atoms in total. The van der Waals surface area contributed by atoms with Crippen LogP contribution in [-0.4, -0.2) is 41.3 Å². The minimum atomic E-state index is -3.62. The van der Waals surface area contributed by atoms with Gasteiger partial charge in [-0.1, -0.05) is 32.0 Å². The summed E-state index contributed by atoms with van der Waals surface area (Å²) in [6.45, 7) is 8.40. The van der Waals surface area contributed by atoms with Gasteiger partial charge in [0.25, 0.3) is 5.56 Å². The number of aryl methyl sites for hydroxylation is 3. The Balaban J connectivity index is 1.68. The molecule has 0 saturated carbocycles. The molecule has 0 bridgehead atoms. The molecule has 2 aromatic carbocycles. The molecular weight excluding hydrogens is 440 g/mol. The van der Waals surface area contributed by atoms with Crippen LogP contribution >= 0.6 is 0 Å². The molecule has 176 valence electrons. The summed E-state index contributed by atoms with van der Waals surface area (Å²) in [4.78, 5) is 29.7. The highest BCUT2D eigenvalue weighted by molar-refractivity contribution is 7.89. The second-order valence-corrected chi connectivity index (χ2v) is 9.87. The van der Waals surface area contributed by atoms with E-state index in [9.17, 15) is 18.0 Å². The van der Waals surface area contributed by atoms with Gasteiger partial charge in [0.05, 0.1) is 22.1 Å². The van der Waals surface area contributed by atoms with E-state index in [1.165, 1.54) is 21.3 Å². The number of benzene rings is 2. The van der Waals surface area contributed by atoms with Crippen LogP contribution in [0.1, 0.15) is 37.8 Å². The Hall–Kier alpha value is -3.04. The first kappa shape index (κ1) is 24.6. The summed E-state index contributed by atoms with van der Waals surface area (Å²) in [5.74, 6) is -0.242. The number of rotatable bonds is 9. The number of amides is 1. The number of sulfonamides is 1. The highest BCUT2D eigenvalue weighted by atomic mass is 32.2. The Morgan fingerprint density at radius 1 is 1.09 bits per heavy atom. The van der Waals surface area contributed by atoms with Gasteiger partial charge in [0.15, 0.2) is 0 Å². The van der Waals surface area contributed by atoms with Crippen molar-refractivity contribution in [3.8, 4) is 0 Å². The average molecular weight is 471 g/mol. The van der Waals surface area contributed by atoms with E-state index in [0.29, 0.717) is 42.6 Å².